The lowest BCUT2D eigenvalue weighted by Gasteiger charge is -2.18. The number of phenols is 1. The maximum Gasteiger partial charge on any atom is 0.163 e. The number of nitrogens with zero attached hydrogens (tertiary/aromatic N) is 1. The number of Topliss-reactive ketones (excluding diaryl/α,β-unsaturated/α-hetero) is 1. The van der Waals surface area contributed by atoms with Crippen LogP contribution in [0, 0.1) is 17.7 Å². The molecular weight excluding hydrogens is 245 g/mol. The molecule has 0 radical (unpaired) electrons. The van der Waals surface area contributed by atoms with Crippen molar-refractivity contribution in [3.63, 3.8) is 0 Å². The van der Waals surface area contributed by atoms with Crippen LogP contribution < -0.4 is 0 Å². The molecule has 0 aromatic heterocycles. The Balaban J connectivity index is 2.12. The number of aromatic hydroxyl groups is 1. The third-order valence-electron chi connectivity index (χ3n) is 3.80. The summed E-state index contributed by atoms with van der Waals surface area (Å²) in [7, 11) is 1.95. The minimum absolute atomic E-state index is 0.0585. The van der Waals surface area contributed by atoms with Gasteiger partial charge < -0.3 is 10.0 Å². The molecule has 3 nitrogen and oxygen atoms in total. The van der Waals surface area contributed by atoms with Crippen molar-refractivity contribution < 1.29 is 14.3 Å². The van der Waals surface area contributed by atoms with Gasteiger partial charge in [-0.1, -0.05) is 6.92 Å². The highest BCUT2D eigenvalue weighted by Crippen LogP contribution is 2.38. The maximum atomic E-state index is 13.5. The van der Waals surface area contributed by atoms with Gasteiger partial charge in [0.15, 0.2) is 5.78 Å². The second-order valence-electron chi connectivity index (χ2n) is 5.69. The second kappa shape index (κ2) is 5.29. The molecule has 2 atom stereocenters. The van der Waals surface area contributed by atoms with Crippen LogP contribution in [0.25, 0.3) is 0 Å². The molecular formula is C15H20FNO2. The minimum Gasteiger partial charge on any atom is -0.507 e. The fraction of sp³-hybridized carbons (Fsp3) is 0.533. The quantitative estimate of drug-likeness (QED) is 0.832. The van der Waals surface area contributed by atoms with Gasteiger partial charge in [-0.15, -0.1) is 0 Å². The lowest BCUT2D eigenvalue weighted by atomic mass is 10.0. The van der Waals surface area contributed by atoms with Crippen molar-refractivity contribution in [1.29, 1.82) is 0 Å². The van der Waals surface area contributed by atoms with Gasteiger partial charge in [0.2, 0.25) is 0 Å². The molecule has 19 heavy (non-hydrogen) atoms. The van der Waals surface area contributed by atoms with Gasteiger partial charge in [-0.25, -0.2) is 4.39 Å². The Labute approximate surface area is 113 Å². The largest absolute Gasteiger partial charge is 0.507 e. The first-order valence-corrected chi connectivity index (χ1v) is 6.59. The summed E-state index contributed by atoms with van der Waals surface area (Å²) in [5.74, 6) is 0.567. The van der Waals surface area contributed by atoms with E-state index in [4.69, 9.17) is 0 Å². The molecule has 104 valence electrons. The summed E-state index contributed by atoms with van der Waals surface area (Å²) in [6.45, 7) is 4.93. The average molecular weight is 265 g/mol. The highest BCUT2D eigenvalue weighted by molar-refractivity contribution is 5.97. The topological polar surface area (TPSA) is 40.5 Å². The Morgan fingerprint density at radius 1 is 1.53 bits per heavy atom. The maximum absolute atomic E-state index is 13.5. The van der Waals surface area contributed by atoms with Crippen LogP contribution in [0.15, 0.2) is 12.1 Å². The smallest absolute Gasteiger partial charge is 0.163 e. The number of carbonyl (C=O) groups is 1. The number of benzene rings is 1. The van der Waals surface area contributed by atoms with Crippen LogP contribution in [0.5, 0.6) is 5.75 Å². The van der Waals surface area contributed by atoms with E-state index in [0.717, 1.165) is 18.5 Å². The zero-order chi connectivity index (χ0) is 14.2. The van der Waals surface area contributed by atoms with Gasteiger partial charge in [-0.2, -0.15) is 0 Å². The Hall–Kier alpha value is -1.42. The summed E-state index contributed by atoms with van der Waals surface area (Å²) in [6, 6.07) is 2.39. The third-order valence-corrected chi connectivity index (χ3v) is 3.80. The van der Waals surface area contributed by atoms with Gasteiger partial charge in [0.25, 0.3) is 0 Å². The molecule has 0 heterocycles. The number of ketones is 1. The van der Waals surface area contributed by atoms with Crippen LogP contribution in [0.3, 0.4) is 0 Å². The summed E-state index contributed by atoms with van der Waals surface area (Å²) < 4.78 is 13.5. The van der Waals surface area contributed by atoms with Gasteiger partial charge in [-0.3, -0.25) is 4.79 Å². The van der Waals surface area contributed by atoms with Crippen LogP contribution in [0.2, 0.25) is 0 Å². The lowest BCUT2D eigenvalue weighted by molar-refractivity contribution is 0.101. The molecule has 1 aromatic rings. The minimum atomic E-state index is -0.480. The first-order chi connectivity index (χ1) is 8.88. The number of phenolic OH excluding ortho intramolecular Hbond substituents is 1. The van der Waals surface area contributed by atoms with Crippen molar-refractivity contribution in [2.75, 3.05) is 13.6 Å². The first kappa shape index (κ1) is 14.0. The van der Waals surface area contributed by atoms with Crippen molar-refractivity contribution in [2.45, 2.75) is 26.8 Å². The summed E-state index contributed by atoms with van der Waals surface area (Å²) in [5.41, 5.74) is 0.532. The van der Waals surface area contributed by atoms with Gasteiger partial charge in [0.1, 0.15) is 11.6 Å². The normalized spacial score (nSPS) is 21.7. The number of hydrogen-bond donors (Lipinski definition) is 1. The molecule has 1 aliphatic carbocycles. The monoisotopic (exact) mass is 265 g/mol. The molecule has 0 spiro atoms. The Morgan fingerprint density at radius 3 is 2.68 bits per heavy atom. The molecule has 1 fully saturated rings. The predicted molar refractivity (Wildman–Crippen MR) is 71.7 cm³/mol. The lowest BCUT2D eigenvalue weighted by Crippen LogP contribution is -2.21. The van der Waals surface area contributed by atoms with Crippen LogP contribution >= 0.6 is 0 Å². The zero-order valence-corrected chi connectivity index (χ0v) is 11.6. The molecule has 2 unspecified atom stereocenters. The number of halogens is 1. The molecule has 0 amide bonds. The summed E-state index contributed by atoms with van der Waals surface area (Å²) in [4.78, 5) is 13.4. The summed E-state index contributed by atoms with van der Waals surface area (Å²) in [5, 5.41) is 10.0. The molecule has 4 heteroatoms. The van der Waals surface area contributed by atoms with E-state index in [-0.39, 0.29) is 17.1 Å². The molecule has 1 aliphatic rings. The Bertz CT molecular complexity index is 501. The molecule has 1 N–H and O–H groups in total. The van der Waals surface area contributed by atoms with E-state index < -0.39 is 5.82 Å². The number of carbonyl (C=O) groups excluding carboxylic acids is 1. The second-order valence-corrected chi connectivity index (χ2v) is 5.69. The molecule has 1 saturated carbocycles. The van der Waals surface area contributed by atoms with E-state index in [1.54, 1.807) is 0 Å². The Kier molecular flexibility index (Phi) is 3.90. The number of rotatable bonds is 5. The number of hydrogen-bond acceptors (Lipinski definition) is 3. The van der Waals surface area contributed by atoms with Crippen molar-refractivity contribution >= 4 is 5.78 Å². The van der Waals surface area contributed by atoms with Crippen LogP contribution in [-0.2, 0) is 6.54 Å². The van der Waals surface area contributed by atoms with E-state index in [9.17, 15) is 14.3 Å². The summed E-state index contributed by atoms with van der Waals surface area (Å²) in [6.07, 6.45) is 1.23. The van der Waals surface area contributed by atoms with E-state index in [1.165, 1.54) is 19.4 Å². The first-order valence-electron chi connectivity index (χ1n) is 6.59. The molecule has 2 rings (SSSR count). The molecule has 0 bridgehead atoms. The highest BCUT2D eigenvalue weighted by Gasteiger charge is 2.33. The Morgan fingerprint density at radius 2 is 2.16 bits per heavy atom. The van der Waals surface area contributed by atoms with Crippen molar-refractivity contribution in [3.05, 3.63) is 29.1 Å². The predicted octanol–water partition coefficient (Wildman–Crippen LogP) is 2.82. The molecule has 1 aromatic carbocycles. The van der Waals surface area contributed by atoms with Gasteiger partial charge in [0, 0.05) is 18.7 Å². The van der Waals surface area contributed by atoms with Crippen LogP contribution in [0.1, 0.15) is 36.2 Å². The van der Waals surface area contributed by atoms with E-state index in [1.807, 2.05) is 7.05 Å². The molecule has 0 saturated heterocycles. The fourth-order valence-electron chi connectivity index (χ4n) is 2.45. The van der Waals surface area contributed by atoms with E-state index >= 15 is 0 Å². The third kappa shape index (κ3) is 3.32. The molecule has 0 aliphatic heterocycles. The van der Waals surface area contributed by atoms with Gasteiger partial charge in [0.05, 0.1) is 5.56 Å². The SMILES string of the molecule is CC(=O)c1cc(F)cc(CN(C)CC2CC2C)c1O. The average Bonchev–Trinajstić information content (AvgIpc) is 2.98. The van der Waals surface area contributed by atoms with Crippen molar-refractivity contribution in [3.8, 4) is 5.75 Å². The van der Waals surface area contributed by atoms with Crippen LogP contribution in [0.4, 0.5) is 4.39 Å². The van der Waals surface area contributed by atoms with Crippen molar-refractivity contribution in [1.82, 2.24) is 4.90 Å². The van der Waals surface area contributed by atoms with Crippen molar-refractivity contribution in [2.24, 2.45) is 11.8 Å². The summed E-state index contributed by atoms with van der Waals surface area (Å²) >= 11 is 0. The fourth-order valence-corrected chi connectivity index (χ4v) is 2.45. The van der Waals surface area contributed by atoms with E-state index in [0.29, 0.717) is 18.0 Å². The van der Waals surface area contributed by atoms with Gasteiger partial charge in [-0.05, 0) is 44.4 Å². The van der Waals surface area contributed by atoms with Crippen LogP contribution in [-0.4, -0.2) is 29.4 Å². The van der Waals surface area contributed by atoms with E-state index in [2.05, 4.69) is 11.8 Å². The standard InChI is InChI=1S/C15H20FNO2/c1-9-4-11(9)7-17(3)8-12-5-13(16)6-14(10(2)18)15(12)19/h5-6,9,11,19H,4,7-8H2,1-3H3. The van der Waals surface area contributed by atoms with Gasteiger partial charge >= 0.3 is 0 Å². The highest BCUT2D eigenvalue weighted by atomic mass is 19.1. The zero-order valence-electron chi connectivity index (χ0n) is 11.6.